The molecule has 1 aliphatic carbocycles. The lowest BCUT2D eigenvalue weighted by atomic mass is 10.2. The van der Waals surface area contributed by atoms with Crippen molar-refractivity contribution in [3.8, 4) is 0 Å². The molecule has 1 aliphatic rings. The standard InChI is InChI=1S/C15H22N4/c1-11-17-14-10-13(6-7-15(14)19(11)3)18(2)9-8-16-12-4-5-12/h6-7,10,12,16H,4-5,8-9H2,1-3H3. The molecule has 2 aromatic rings. The van der Waals surface area contributed by atoms with Gasteiger partial charge < -0.3 is 14.8 Å². The Morgan fingerprint density at radius 3 is 2.95 bits per heavy atom. The first-order valence-electron chi connectivity index (χ1n) is 7.03. The Morgan fingerprint density at radius 2 is 2.21 bits per heavy atom. The number of benzene rings is 1. The third-order valence-corrected chi connectivity index (χ3v) is 3.99. The molecular formula is C15H22N4. The molecule has 4 nitrogen and oxygen atoms in total. The lowest BCUT2D eigenvalue weighted by molar-refractivity contribution is 0.675. The van der Waals surface area contributed by atoms with Crippen molar-refractivity contribution in [2.75, 3.05) is 25.0 Å². The average Bonchev–Trinajstić information content (AvgIpc) is 3.17. The van der Waals surface area contributed by atoms with Gasteiger partial charge in [-0.1, -0.05) is 0 Å². The van der Waals surface area contributed by atoms with Gasteiger partial charge in [0.15, 0.2) is 0 Å². The van der Waals surface area contributed by atoms with Crippen LogP contribution in [-0.2, 0) is 7.05 Å². The van der Waals surface area contributed by atoms with Crippen molar-refractivity contribution in [1.29, 1.82) is 0 Å². The van der Waals surface area contributed by atoms with Gasteiger partial charge in [0, 0.05) is 38.9 Å². The quantitative estimate of drug-likeness (QED) is 0.891. The molecule has 0 unspecified atom stereocenters. The number of hydrogen-bond donors (Lipinski definition) is 1. The van der Waals surface area contributed by atoms with Gasteiger partial charge in [0.25, 0.3) is 0 Å². The first-order chi connectivity index (χ1) is 9.15. The molecule has 3 rings (SSSR count). The Labute approximate surface area is 114 Å². The van der Waals surface area contributed by atoms with Crippen LogP contribution in [0.25, 0.3) is 11.0 Å². The zero-order chi connectivity index (χ0) is 13.4. The number of nitrogens with zero attached hydrogens (tertiary/aromatic N) is 3. The van der Waals surface area contributed by atoms with E-state index in [4.69, 9.17) is 0 Å². The molecule has 0 aliphatic heterocycles. The lowest BCUT2D eigenvalue weighted by Crippen LogP contribution is -2.30. The van der Waals surface area contributed by atoms with Crippen LogP contribution in [0.5, 0.6) is 0 Å². The summed E-state index contributed by atoms with van der Waals surface area (Å²) in [5, 5.41) is 3.55. The van der Waals surface area contributed by atoms with Gasteiger partial charge in [0.2, 0.25) is 0 Å². The molecule has 0 atom stereocenters. The van der Waals surface area contributed by atoms with Crippen LogP contribution in [0, 0.1) is 6.92 Å². The smallest absolute Gasteiger partial charge is 0.106 e. The normalized spacial score (nSPS) is 15.1. The highest BCUT2D eigenvalue weighted by molar-refractivity contribution is 5.80. The highest BCUT2D eigenvalue weighted by Crippen LogP contribution is 2.22. The molecule has 1 N–H and O–H groups in total. The Kier molecular flexibility index (Phi) is 3.19. The van der Waals surface area contributed by atoms with Crippen LogP contribution < -0.4 is 10.2 Å². The molecule has 1 aromatic carbocycles. The Morgan fingerprint density at radius 1 is 1.42 bits per heavy atom. The first kappa shape index (κ1) is 12.5. The van der Waals surface area contributed by atoms with Gasteiger partial charge in [-0.05, 0) is 38.0 Å². The molecule has 1 aromatic heterocycles. The molecular weight excluding hydrogens is 236 g/mol. The molecule has 1 heterocycles. The van der Waals surface area contributed by atoms with Gasteiger partial charge in [0.1, 0.15) is 5.82 Å². The maximum Gasteiger partial charge on any atom is 0.106 e. The van der Waals surface area contributed by atoms with Crippen molar-refractivity contribution in [3.63, 3.8) is 0 Å². The monoisotopic (exact) mass is 258 g/mol. The van der Waals surface area contributed by atoms with E-state index in [9.17, 15) is 0 Å². The summed E-state index contributed by atoms with van der Waals surface area (Å²) in [6, 6.07) is 7.31. The fourth-order valence-corrected chi connectivity index (χ4v) is 2.40. The minimum Gasteiger partial charge on any atom is -0.373 e. The Bertz CT molecular complexity index is 583. The van der Waals surface area contributed by atoms with E-state index in [1.165, 1.54) is 24.0 Å². The number of hydrogen-bond acceptors (Lipinski definition) is 3. The number of rotatable bonds is 5. The van der Waals surface area contributed by atoms with Crippen molar-refractivity contribution < 1.29 is 0 Å². The summed E-state index contributed by atoms with van der Waals surface area (Å²) < 4.78 is 2.13. The van der Waals surface area contributed by atoms with E-state index in [0.29, 0.717) is 0 Å². The molecule has 1 fully saturated rings. The fraction of sp³-hybridized carbons (Fsp3) is 0.533. The van der Waals surface area contributed by atoms with Gasteiger partial charge in [-0.25, -0.2) is 4.98 Å². The van der Waals surface area contributed by atoms with Crippen LogP contribution in [0.3, 0.4) is 0 Å². The minimum absolute atomic E-state index is 0.786. The Hall–Kier alpha value is -1.55. The number of anilines is 1. The van der Waals surface area contributed by atoms with Crippen molar-refractivity contribution in [2.24, 2.45) is 7.05 Å². The van der Waals surface area contributed by atoms with Crippen LogP contribution in [0.1, 0.15) is 18.7 Å². The molecule has 0 spiro atoms. The summed E-state index contributed by atoms with van der Waals surface area (Å²) in [5.41, 5.74) is 3.52. The lowest BCUT2D eigenvalue weighted by Gasteiger charge is -2.19. The van der Waals surface area contributed by atoms with Crippen molar-refractivity contribution in [3.05, 3.63) is 24.0 Å². The van der Waals surface area contributed by atoms with E-state index in [-0.39, 0.29) is 0 Å². The van der Waals surface area contributed by atoms with E-state index >= 15 is 0 Å². The van der Waals surface area contributed by atoms with Gasteiger partial charge >= 0.3 is 0 Å². The number of aryl methyl sites for hydroxylation is 2. The fourth-order valence-electron chi connectivity index (χ4n) is 2.40. The van der Waals surface area contributed by atoms with E-state index in [0.717, 1.165) is 30.5 Å². The number of likely N-dealkylation sites (N-methyl/N-ethyl adjacent to an activating group) is 1. The topological polar surface area (TPSA) is 33.1 Å². The van der Waals surface area contributed by atoms with Crippen LogP contribution in [0.2, 0.25) is 0 Å². The van der Waals surface area contributed by atoms with Crippen LogP contribution in [0.15, 0.2) is 18.2 Å². The first-order valence-corrected chi connectivity index (χ1v) is 7.03. The van der Waals surface area contributed by atoms with Crippen molar-refractivity contribution in [2.45, 2.75) is 25.8 Å². The van der Waals surface area contributed by atoms with E-state index < -0.39 is 0 Å². The Balaban J connectivity index is 1.72. The SMILES string of the molecule is Cc1nc2cc(N(C)CCNC3CC3)ccc2n1C. The van der Waals surface area contributed by atoms with Crippen LogP contribution >= 0.6 is 0 Å². The molecule has 0 radical (unpaired) electrons. The number of nitrogens with one attached hydrogen (secondary N) is 1. The highest BCUT2D eigenvalue weighted by atomic mass is 15.1. The predicted octanol–water partition coefficient (Wildman–Crippen LogP) is 2.07. The average molecular weight is 258 g/mol. The summed E-state index contributed by atoms with van der Waals surface area (Å²) in [6.45, 7) is 4.14. The van der Waals surface area contributed by atoms with E-state index in [2.05, 4.69) is 52.1 Å². The van der Waals surface area contributed by atoms with Gasteiger partial charge in [-0.15, -0.1) is 0 Å². The number of fused-ring (bicyclic) bond motifs is 1. The highest BCUT2D eigenvalue weighted by Gasteiger charge is 2.19. The van der Waals surface area contributed by atoms with Crippen LogP contribution in [0.4, 0.5) is 5.69 Å². The van der Waals surface area contributed by atoms with Crippen LogP contribution in [-0.4, -0.2) is 35.7 Å². The van der Waals surface area contributed by atoms with Gasteiger partial charge in [0.05, 0.1) is 11.0 Å². The minimum atomic E-state index is 0.786. The largest absolute Gasteiger partial charge is 0.373 e. The third kappa shape index (κ3) is 2.59. The molecule has 0 amide bonds. The molecule has 102 valence electrons. The second-order valence-electron chi connectivity index (χ2n) is 5.54. The third-order valence-electron chi connectivity index (χ3n) is 3.99. The number of imidazole rings is 1. The summed E-state index contributed by atoms with van der Waals surface area (Å²) >= 11 is 0. The molecule has 0 saturated heterocycles. The van der Waals surface area contributed by atoms with E-state index in [1.54, 1.807) is 0 Å². The molecule has 4 heteroatoms. The van der Waals surface area contributed by atoms with Crippen molar-refractivity contribution in [1.82, 2.24) is 14.9 Å². The number of aromatic nitrogens is 2. The zero-order valence-corrected chi connectivity index (χ0v) is 12.0. The maximum atomic E-state index is 4.59. The summed E-state index contributed by atoms with van der Waals surface area (Å²) in [4.78, 5) is 6.89. The van der Waals surface area contributed by atoms with E-state index in [1.807, 2.05) is 6.92 Å². The molecule has 0 bridgehead atoms. The molecule has 19 heavy (non-hydrogen) atoms. The summed E-state index contributed by atoms with van der Waals surface area (Å²) in [7, 11) is 4.21. The van der Waals surface area contributed by atoms with Crippen molar-refractivity contribution >= 4 is 16.7 Å². The van der Waals surface area contributed by atoms with Gasteiger partial charge in [-0.2, -0.15) is 0 Å². The second-order valence-corrected chi connectivity index (χ2v) is 5.54. The predicted molar refractivity (Wildman–Crippen MR) is 79.7 cm³/mol. The maximum absolute atomic E-state index is 4.59. The molecule has 1 saturated carbocycles. The van der Waals surface area contributed by atoms with Gasteiger partial charge in [-0.3, -0.25) is 0 Å². The summed E-state index contributed by atoms with van der Waals surface area (Å²) in [6.07, 6.45) is 2.70. The summed E-state index contributed by atoms with van der Waals surface area (Å²) in [5.74, 6) is 1.06. The second kappa shape index (κ2) is 4.85. The zero-order valence-electron chi connectivity index (χ0n) is 12.0.